The lowest BCUT2D eigenvalue weighted by Gasteiger charge is -2.35. The SMILES string of the molecule is COC(C)(C)CC1(C)CC(=O)NC1C. The smallest absolute Gasteiger partial charge is 0.220 e. The summed E-state index contributed by atoms with van der Waals surface area (Å²) in [5.74, 6) is 0.159. The first kappa shape index (κ1) is 11.5. The molecular formula is C11H21NO2. The molecule has 1 rings (SSSR count). The average molecular weight is 199 g/mol. The van der Waals surface area contributed by atoms with Gasteiger partial charge in [0.05, 0.1) is 5.60 Å². The Morgan fingerprint density at radius 2 is 2.21 bits per heavy atom. The number of hydrogen-bond acceptors (Lipinski definition) is 2. The van der Waals surface area contributed by atoms with Crippen LogP contribution >= 0.6 is 0 Å². The summed E-state index contributed by atoms with van der Waals surface area (Å²) in [6.07, 6.45) is 1.51. The van der Waals surface area contributed by atoms with E-state index in [0.717, 1.165) is 6.42 Å². The van der Waals surface area contributed by atoms with Gasteiger partial charge in [0, 0.05) is 19.6 Å². The molecule has 1 heterocycles. The van der Waals surface area contributed by atoms with Gasteiger partial charge < -0.3 is 10.1 Å². The fourth-order valence-corrected chi connectivity index (χ4v) is 2.25. The fraction of sp³-hybridized carbons (Fsp3) is 0.909. The van der Waals surface area contributed by atoms with E-state index in [9.17, 15) is 4.79 Å². The predicted octanol–water partition coefficient (Wildman–Crippen LogP) is 1.72. The zero-order valence-electron chi connectivity index (χ0n) is 9.81. The molecular weight excluding hydrogens is 178 g/mol. The molecule has 1 amide bonds. The van der Waals surface area contributed by atoms with Crippen LogP contribution in [0.5, 0.6) is 0 Å². The third-order valence-corrected chi connectivity index (χ3v) is 3.37. The minimum absolute atomic E-state index is 0.0244. The van der Waals surface area contributed by atoms with Crippen LogP contribution in [-0.2, 0) is 9.53 Å². The molecule has 3 nitrogen and oxygen atoms in total. The third kappa shape index (κ3) is 2.27. The van der Waals surface area contributed by atoms with E-state index in [1.54, 1.807) is 7.11 Å². The molecule has 2 atom stereocenters. The summed E-state index contributed by atoms with van der Waals surface area (Å²) in [6.45, 7) is 8.34. The molecule has 0 aromatic rings. The Morgan fingerprint density at radius 3 is 2.57 bits per heavy atom. The Hall–Kier alpha value is -0.570. The molecule has 1 fully saturated rings. The summed E-state index contributed by atoms with van der Waals surface area (Å²) in [5, 5.41) is 2.96. The van der Waals surface area contributed by atoms with Crippen molar-refractivity contribution >= 4 is 5.91 Å². The highest BCUT2D eigenvalue weighted by Crippen LogP contribution is 2.39. The van der Waals surface area contributed by atoms with E-state index in [1.165, 1.54) is 0 Å². The molecule has 0 spiro atoms. The van der Waals surface area contributed by atoms with Crippen LogP contribution in [0.3, 0.4) is 0 Å². The second kappa shape index (κ2) is 3.54. The van der Waals surface area contributed by atoms with Crippen molar-refractivity contribution in [2.24, 2.45) is 5.41 Å². The van der Waals surface area contributed by atoms with E-state index >= 15 is 0 Å². The minimum atomic E-state index is -0.157. The van der Waals surface area contributed by atoms with Crippen molar-refractivity contribution in [3.8, 4) is 0 Å². The van der Waals surface area contributed by atoms with Gasteiger partial charge in [0.1, 0.15) is 0 Å². The molecule has 3 heteroatoms. The van der Waals surface area contributed by atoms with Gasteiger partial charge >= 0.3 is 0 Å². The molecule has 0 aromatic heterocycles. The number of rotatable bonds is 3. The number of carbonyl (C=O) groups is 1. The van der Waals surface area contributed by atoms with Crippen molar-refractivity contribution in [2.75, 3.05) is 7.11 Å². The second-order valence-electron chi connectivity index (χ2n) is 5.26. The summed E-state index contributed by atoms with van der Waals surface area (Å²) in [4.78, 5) is 11.3. The van der Waals surface area contributed by atoms with Crippen LogP contribution in [0.1, 0.15) is 40.5 Å². The number of nitrogens with one attached hydrogen (secondary N) is 1. The van der Waals surface area contributed by atoms with E-state index in [0.29, 0.717) is 6.42 Å². The highest BCUT2D eigenvalue weighted by Gasteiger charge is 2.43. The highest BCUT2D eigenvalue weighted by molar-refractivity contribution is 5.79. The topological polar surface area (TPSA) is 38.3 Å². The molecule has 0 bridgehead atoms. The Labute approximate surface area is 86.2 Å². The van der Waals surface area contributed by atoms with Gasteiger partial charge in [-0.3, -0.25) is 4.79 Å². The van der Waals surface area contributed by atoms with Gasteiger partial charge in [-0.1, -0.05) is 6.92 Å². The highest BCUT2D eigenvalue weighted by atomic mass is 16.5. The molecule has 82 valence electrons. The maximum atomic E-state index is 11.3. The van der Waals surface area contributed by atoms with Crippen LogP contribution in [0.15, 0.2) is 0 Å². The zero-order chi connectivity index (χ0) is 11.0. The molecule has 14 heavy (non-hydrogen) atoms. The predicted molar refractivity (Wildman–Crippen MR) is 56.0 cm³/mol. The lowest BCUT2D eigenvalue weighted by atomic mass is 9.75. The standard InChI is InChI=1S/C11H21NO2/c1-8-11(4,6-9(13)12-8)7-10(2,3)14-5/h8H,6-7H2,1-5H3,(H,12,13). The van der Waals surface area contributed by atoms with Crippen LogP contribution in [-0.4, -0.2) is 24.7 Å². The molecule has 1 aliphatic heterocycles. The average Bonchev–Trinajstić information content (AvgIpc) is 2.24. The minimum Gasteiger partial charge on any atom is -0.379 e. The molecule has 0 saturated carbocycles. The monoisotopic (exact) mass is 199 g/mol. The summed E-state index contributed by atoms with van der Waals surface area (Å²) >= 11 is 0. The van der Waals surface area contributed by atoms with Gasteiger partial charge in [-0.25, -0.2) is 0 Å². The van der Waals surface area contributed by atoms with E-state index in [-0.39, 0.29) is 23.0 Å². The number of amides is 1. The van der Waals surface area contributed by atoms with Gasteiger partial charge in [-0.15, -0.1) is 0 Å². The number of hydrogen-bond donors (Lipinski definition) is 1. The van der Waals surface area contributed by atoms with Crippen LogP contribution < -0.4 is 5.32 Å². The van der Waals surface area contributed by atoms with Crippen molar-refractivity contribution in [3.05, 3.63) is 0 Å². The summed E-state index contributed by atoms with van der Waals surface area (Å²) in [6, 6.07) is 0.240. The molecule has 2 unspecified atom stereocenters. The largest absolute Gasteiger partial charge is 0.379 e. The van der Waals surface area contributed by atoms with E-state index < -0.39 is 0 Å². The first-order valence-electron chi connectivity index (χ1n) is 5.14. The maximum Gasteiger partial charge on any atom is 0.220 e. The van der Waals surface area contributed by atoms with Gasteiger partial charge in [-0.05, 0) is 32.6 Å². The molecule has 0 aromatic carbocycles. The van der Waals surface area contributed by atoms with Crippen molar-refractivity contribution in [1.29, 1.82) is 0 Å². The van der Waals surface area contributed by atoms with Gasteiger partial charge in [0.15, 0.2) is 0 Å². The fourth-order valence-electron chi connectivity index (χ4n) is 2.25. The van der Waals surface area contributed by atoms with Crippen molar-refractivity contribution in [1.82, 2.24) is 5.32 Å². The maximum absolute atomic E-state index is 11.3. The molecule has 0 radical (unpaired) electrons. The summed E-state index contributed by atoms with van der Waals surface area (Å²) in [5.41, 5.74) is -0.133. The summed E-state index contributed by atoms with van der Waals surface area (Å²) < 4.78 is 5.41. The van der Waals surface area contributed by atoms with Gasteiger partial charge in [-0.2, -0.15) is 0 Å². The van der Waals surface area contributed by atoms with Crippen LogP contribution in [0.25, 0.3) is 0 Å². The van der Waals surface area contributed by atoms with E-state index in [2.05, 4.69) is 33.0 Å². The normalized spacial score (nSPS) is 33.2. The Balaban J connectivity index is 2.71. The first-order valence-corrected chi connectivity index (χ1v) is 5.14. The quantitative estimate of drug-likeness (QED) is 0.751. The number of methoxy groups -OCH3 is 1. The Morgan fingerprint density at radius 1 is 1.64 bits per heavy atom. The van der Waals surface area contributed by atoms with E-state index in [1.807, 2.05) is 0 Å². The van der Waals surface area contributed by atoms with Crippen LogP contribution in [0.2, 0.25) is 0 Å². The van der Waals surface area contributed by atoms with Gasteiger partial charge in [0.25, 0.3) is 0 Å². The lowest BCUT2D eigenvalue weighted by Crippen LogP contribution is -2.38. The summed E-state index contributed by atoms with van der Waals surface area (Å²) in [7, 11) is 1.72. The molecule has 1 N–H and O–H groups in total. The van der Waals surface area contributed by atoms with Crippen LogP contribution in [0, 0.1) is 5.41 Å². The van der Waals surface area contributed by atoms with Crippen molar-refractivity contribution < 1.29 is 9.53 Å². The lowest BCUT2D eigenvalue weighted by molar-refractivity contribution is -0.119. The number of carbonyl (C=O) groups excluding carboxylic acids is 1. The van der Waals surface area contributed by atoms with Crippen molar-refractivity contribution in [3.63, 3.8) is 0 Å². The van der Waals surface area contributed by atoms with Crippen LogP contribution in [0.4, 0.5) is 0 Å². The number of ether oxygens (including phenoxy) is 1. The van der Waals surface area contributed by atoms with Crippen molar-refractivity contribution in [2.45, 2.75) is 52.2 Å². The second-order valence-corrected chi connectivity index (χ2v) is 5.26. The van der Waals surface area contributed by atoms with E-state index in [4.69, 9.17) is 4.74 Å². The Bertz CT molecular complexity index is 237. The van der Waals surface area contributed by atoms with Gasteiger partial charge in [0.2, 0.25) is 5.91 Å². The third-order valence-electron chi connectivity index (χ3n) is 3.37. The molecule has 0 aliphatic carbocycles. The zero-order valence-corrected chi connectivity index (χ0v) is 9.81. The Kier molecular flexibility index (Phi) is 2.91. The molecule has 1 saturated heterocycles. The molecule has 1 aliphatic rings. The first-order chi connectivity index (χ1) is 6.29.